The first-order chi connectivity index (χ1) is 6.88. The van der Waals surface area contributed by atoms with Crippen LogP contribution in [0.4, 0.5) is 13.2 Å². The summed E-state index contributed by atoms with van der Waals surface area (Å²) in [6.07, 6.45) is 0. The summed E-state index contributed by atoms with van der Waals surface area (Å²) in [6.45, 7) is 0.165. The molecule has 0 radical (unpaired) electrons. The molecule has 0 aliphatic heterocycles. The number of halogens is 4. The highest BCUT2D eigenvalue weighted by molar-refractivity contribution is 5.85. The molecule has 1 rings (SSSR count). The molecule has 0 fully saturated rings. The number of benzene rings is 1. The molecule has 0 saturated carbocycles. The molecule has 0 spiro atoms. The minimum atomic E-state index is -3.44. The lowest BCUT2D eigenvalue weighted by atomic mass is 10.0. The summed E-state index contributed by atoms with van der Waals surface area (Å²) in [5, 5.41) is 8.43. The number of rotatable bonds is 3. The Balaban J connectivity index is 0.00000225. The molecule has 2 nitrogen and oxygen atoms in total. The Morgan fingerprint density at radius 3 is 2.44 bits per heavy atom. The molecule has 0 heterocycles. The average Bonchev–Trinajstić information content (AvgIpc) is 2.21. The molecule has 92 valence electrons. The Bertz CT molecular complexity index is 360. The SMILES string of the molecule is Cc1ccc([C@H](N)C(F)(F)CO)cc1F.Cl. The number of aryl methyl sites for hydroxylation is 1. The summed E-state index contributed by atoms with van der Waals surface area (Å²) in [7, 11) is 0. The second-order valence-electron chi connectivity index (χ2n) is 3.41. The smallest absolute Gasteiger partial charge is 0.289 e. The summed E-state index contributed by atoms with van der Waals surface area (Å²) < 4.78 is 39.0. The van der Waals surface area contributed by atoms with E-state index in [-0.39, 0.29) is 18.0 Å². The molecule has 6 heteroatoms. The lowest BCUT2D eigenvalue weighted by Crippen LogP contribution is -2.36. The largest absolute Gasteiger partial charge is 0.390 e. The van der Waals surface area contributed by atoms with Crippen molar-refractivity contribution in [3.8, 4) is 0 Å². The van der Waals surface area contributed by atoms with Crippen LogP contribution in [0.5, 0.6) is 0 Å². The van der Waals surface area contributed by atoms with Crippen LogP contribution in [-0.2, 0) is 0 Å². The number of nitrogens with two attached hydrogens (primary N) is 1. The molecule has 3 N–H and O–H groups in total. The molecule has 16 heavy (non-hydrogen) atoms. The van der Waals surface area contributed by atoms with Gasteiger partial charge in [-0.05, 0) is 24.1 Å². The van der Waals surface area contributed by atoms with E-state index in [0.717, 1.165) is 6.07 Å². The Morgan fingerprint density at radius 1 is 1.44 bits per heavy atom. The van der Waals surface area contributed by atoms with Crippen molar-refractivity contribution in [2.75, 3.05) is 6.61 Å². The Kier molecular flexibility index (Phi) is 5.25. The van der Waals surface area contributed by atoms with Crippen LogP contribution < -0.4 is 5.73 Å². The second kappa shape index (κ2) is 5.52. The number of alkyl halides is 2. The normalized spacial score (nSPS) is 13.1. The summed E-state index contributed by atoms with van der Waals surface area (Å²) >= 11 is 0. The molecule has 1 aromatic carbocycles. The number of aliphatic hydroxyl groups excluding tert-OH is 1. The van der Waals surface area contributed by atoms with Gasteiger partial charge in [0.05, 0.1) is 6.04 Å². The van der Waals surface area contributed by atoms with Crippen molar-refractivity contribution >= 4 is 12.4 Å². The van der Waals surface area contributed by atoms with Gasteiger partial charge in [0.1, 0.15) is 12.4 Å². The third-order valence-electron chi connectivity index (χ3n) is 2.22. The molecular weight excluding hydrogens is 243 g/mol. The minimum absolute atomic E-state index is 0. The quantitative estimate of drug-likeness (QED) is 0.870. The Morgan fingerprint density at radius 2 is 2.00 bits per heavy atom. The molecule has 0 aliphatic carbocycles. The topological polar surface area (TPSA) is 46.2 Å². The van der Waals surface area contributed by atoms with Crippen LogP contribution in [-0.4, -0.2) is 17.6 Å². The van der Waals surface area contributed by atoms with Gasteiger partial charge in [0, 0.05) is 0 Å². The van der Waals surface area contributed by atoms with Crippen LogP contribution in [0.2, 0.25) is 0 Å². The van der Waals surface area contributed by atoms with Crippen molar-refractivity contribution in [3.05, 3.63) is 35.1 Å². The zero-order chi connectivity index (χ0) is 11.6. The molecule has 0 aromatic heterocycles. The van der Waals surface area contributed by atoms with Crippen LogP contribution in [0.3, 0.4) is 0 Å². The van der Waals surface area contributed by atoms with Gasteiger partial charge in [-0.1, -0.05) is 12.1 Å². The van der Waals surface area contributed by atoms with Crippen LogP contribution in [0.15, 0.2) is 18.2 Å². The molecule has 0 amide bonds. The summed E-state index contributed by atoms with van der Waals surface area (Å²) in [5.74, 6) is -4.03. The first-order valence-electron chi connectivity index (χ1n) is 4.39. The average molecular weight is 256 g/mol. The molecule has 1 aromatic rings. The van der Waals surface area contributed by atoms with Gasteiger partial charge in [0.2, 0.25) is 0 Å². The Hall–Kier alpha value is -0.780. The van der Waals surface area contributed by atoms with Crippen LogP contribution in [0, 0.1) is 12.7 Å². The molecular formula is C10H13ClF3NO. The van der Waals surface area contributed by atoms with Crippen molar-refractivity contribution in [2.45, 2.75) is 18.9 Å². The maximum absolute atomic E-state index is 13.1. The van der Waals surface area contributed by atoms with E-state index in [2.05, 4.69) is 0 Å². The molecule has 1 atom stereocenters. The van der Waals surface area contributed by atoms with E-state index in [1.807, 2.05) is 0 Å². The fourth-order valence-corrected chi connectivity index (χ4v) is 1.14. The second-order valence-corrected chi connectivity index (χ2v) is 3.41. The van der Waals surface area contributed by atoms with E-state index < -0.39 is 24.4 Å². The predicted molar refractivity (Wildman–Crippen MR) is 57.3 cm³/mol. The van der Waals surface area contributed by atoms with Gasteiger partial charge < -0.3 is 10.8 Å². The Labute approximate surface area is 97.7 Å². The zero-order valence-corrected chi connectivity index (χ0v) is 9.40. The zero-order valence-electron chi connectivity index (χ0n) is 8.58. The van der Waals surface area contributed by atoms with Gasteiger partial charge in [-0.25, -0.2) is 13.2 Å². The highest BCUT2D eigenvalue weighted by Crippen LogP contribution is 2.29. The molecule has 0 bridgehead atoms. The van der Waals surface area contributed by atoms with Gasteiger partial charge in [-0.3, -0.25) is 0 Å². The van der Waals surface area contributed by atoms with E-state index >= 15 is 0 Å². The van der Waals surface area contributed by atoms with Gasteiger partial charge in [-0.15, -0.1) is 12.4 Å². The van der Waals surface area contributed by atoms with Crippen molar-refractivity contribution in [2.24, 2.45) is 5.73 Å². The van der Waals surface area contributed by atoms with Crippen LogP contribution >= 0.6 is 12.4 Å². The standard InChI is InChI=1S/C10H12F3NO.ClH/c1-6-2-3-7(4-8(6)11)9(14)10(12,13)5-15;/h2-4,9,15H,5,14H2,1H3;1H/t9-;/m0./s1. The predicted octanol–water partition coefficient (Wildman–Crippen LogP) is 2.18. The van der Waals surface area contributed by atoms with E-state index in [9.17, 15) is 13.2 Å². The van der Waals surface area contributed by atoms with Gasteiger partial charge in [0.15, 0.2) is 0 Å². The van der Waals surface area contributed by atoms with E-state index in [1.54, 1.807) is 0 Å². The van der Waals surface area contributed by atoms with Crippen LogP contribution in [0.1, 0.15) is 17.2 Å². The molecule has 0 unspecified atom stereocenters. The third-order valence-corrected chi connectivity index (χ3v) is 2.22. The van der Waals surface area contributed by atoms with Crippen molar-refractivity contribution < 1.29 is 18.3 Å². The van der Waals surface area contributed by atoms with Crippen molar-refractivity contribution in [1.29, 1.82) is 0 Å². The van der Waals surface area contributed by atoms with Gasteiger partial charge in [-0.2, -0.15) is 0 Å². The molecule has 0 saturated heterocycles. The summed E-state index contributed by atoms with van der Waals surface area (Å²) in [5.41, 5.74) is 5.55. The monoisotopic (exact) mass is 255 g/mol. The van der Waals surface area contributed by atoms with Crippen LogP contribution in [0.25, 0.3) is 0 Å². The summed E-state index contributed by atoms with van der Waals surface area (Å²) in [6, 6.07) is 1.96. The van der Waals surface area contributed by atoms with E-state index in [1.165, 1.54) is 19.1 Å². The van der Waals surface area contributed by atoms with Crippen molar-refractivity contribution in [1.82, 2.24) is 0 Å². The number of hydrogen-bond donors (Lipinski definition) is 2. The van der Waals surface area contributed by atoms with E-state index in [0.29, 0.717) is 5.56 Å². The van der Waals surface area contributed by atoms with Gasteiger partial charge >= 0.3 is 0 Å². The first kappa shape index (κ1) is 15.2. The van der Waals surface area contributed by atoms with E-state index in [4.69, 9.17) is 10.8 Å². The lowest BCUT2D eigenvalue weighted by Gasteiger charge is -2.21. The number of aliphatic hydroxyl groups is 1. The van der Waals surface area contributed by atoms with Gasteiger partial charge in [0.25, 0.3) is 5.92 Å². The minimum Gasteiger partial charge on any atom is -0.390 e. The maximum atomic E-state index is 13.1. The first-order valence-corrected chi connectivity index (χ1v) is 4.39. The number of hydrogen-bond acceptors (Lipinski definition) is 2. The highest BCUT2D eigenvalue weighted by atomic mass is 35.5. The highest BCUT2D eigenvalue weighted by Gasteiger charge is 2.37. The fraction of sp³-hybridized carbons (Fsp3) is 0.400. The fourth-order valence-electron chi connectivity index (χ4n) is 1.14. The summed E-state index contributed by atoms with van der Waals surface area (Å²) in [4.78, 5) is 0. The maximum Gasteiger partial charge on any atom is 0.289 e. The van der Waals surface area contributed by atoms with Crippen molar-refractivity contribution in [3.63, 3.8) is 0 Å². The molecule has 0 aliphatic rings. The third kappa shape index (κ3) is 3.10. The lowest BCUT2D eigenvalue weighted by molar-refractivity contribution is -0.0712.